The first-order valence-electron chi connectivity index (χ1n) is 10.9. The fraction of sp³-hybridized carbons (Fsp3) is 0.476. The minimum atomic E-state index is -4.39. The molecule has 4 atom stereocenters. The number of hydrogen-bond donors (Lipinski definition) is 5. The van der Waals surface area contributed by atoms with Gasteiger partial charge in [0.2, 0.25) is 0 Å². The number of hydrogen-bond acceptors (Lipinski definition) is 12. The van der Waals surface area contributed by atoms with Crippen LogP contribution >= 0.6 is 7.75 Å². The van der Waals surface area contributed by atoms with Crippen LogP contribution in [0.5, 0.6) is 5.75 Å². The van der Waals surface area contributed by atoms with Crippen molar-refractivity contribution >= 4 is 19.5 Å². The van der Waals surface area contributed by atoms with Crippen LogP contribution in [0.25, 0.3) is 0 Å². The number of nitrogens with two attached hydrogens (primary N) is 2. The van der Waals surface area contributed by atoms with E-state index in [1.165, 1.54) is 38.2 Å². The van der Waals surface area contributed by atoms with E-state index in [4.69, 9.17) is 30.0 Å². The molecule has 2 unspecified atom stereocenters. The van der Waals surface area contributed by atoms with Crippen molar-refractivity contribution in [2.75, 3.05) is 12.3 Å². The average Bonchev–Trinajstić information content (AvgIpc) is 2.77. The lowest BCUT2D eigenvalue weighted by atomic mass is 10.2. The molecule has 0 spiro atoms. The Morgan fingerprint density at radius 2 is 1.83 bits per heavy atom. The van der Waals surface area contributed by atoms with E-state index >= 15 is 0 Å². The smallest absolute Gasteiger partial charge is 0.459 e. The van der Waals surface area contributed by atoms with Gasteiger partial charge in [-0.3, -0.25) is 19.6 Å². The second kappa shape index (κ2) is 12.4. The van der Waals surface area contributed by atoms with E-state index in [1.54, 1.807) is 32.0 Å². The lowest BCUT2D eigenvalue weighted by Crippen LogP contribution is -2.58. The highest BCUT2D eigenvalue weighted by molar-refractivity contribution is 7.52. The summed E-state index contributed by atoms with van der Waals surface area (Å²) in [4.78, 5) is 27.9. The van der Waals surface area contributed by atoms with E-state index in [0.717, 1.165) is 4.57 Å². The molecular weight excluding hydrogens is 497 g/mol. The molecule has 36 heavy (non-hydrogen) atoms. The number of nitrogens with one attached hydrogen (secondary N) is 1. The maximum atomic E-state index is 13.6. The van der Waals surface area contributed by atoms with Crippen LogP contribution in [-0.4, -0.2) is 56.5 Å². The largest absolute Gasteiger partial charge is 0.462 e. The lowest BCUT2D eigenvalue weighted by Gasteiger charge is -2.35. The Labute approximate surface area is 207 Å². The number of aliphatic hydroxyl groups excluding tert-OH is 1. The maximum absolute atomic E-state index is 13.6. The summed E-state index contributed by atoms with van der Waals surface area (Å²) in [5.74, 6) is -0.631. The Hall–Kier alpha value is -2.84. The number of nitrogens with zero attached hydrogens (tertiary/aromatic N) is 2. The predicted octanol–water partition coefficient (Wildman–Crippen LogP) is 0.460. The molecule has 0 fully saturated rings. The van der Waals surface area contributed by atoms with Crippen LogP contribution in [-0.2, 0) is 23.4 Å². The van der Waals surface area contributed by atoms with Gasteiger partial charge in [-0.15, -0.1) is 0 Å². The average molecular weight is 529 g/mol. The molecule has 0 bridgehead atoms. The van der Waals surface area contributed by atoms with Crippen molar-refractivity contribution in [1.82, 2.24) is 14.6 Å². The molecule has 200 valence electrons. The topological polar surface area (TPSA) is 210 Å². The van der Waals surface area contributed by atoms with Crippen molar-refractivity contribution < 1.29 is 38.1 Å². The molecule has 0 aliphatic rings. The Morgan fingerprint density at radius 1 is 1.19 bits per heavy atom. The van der Waals surface area contributed by atoms with Gasteiger partial charge in [-0.2, -0.15) is 10.1 Å². The monoisotopic (exact) mass is 529 g/mol. The van der Waals surface area contributed by atoms with Gasteiger partial charge < -0.3 is 29.9 Å². The van der Waals surface area contributed by atoms with E-state index < -0.39 is 56.4 Å². The van der Waals surface area contributed by atoms with E-state index in [-0.39, 0.29) is 11.6 Å². The highest BCUT2D eigenvalue weighted by atomic mass is 31.2. The van der Waals surface area contributed by atoms with Crippen molar-refractivity contribution in [3.63, 3.8) is 0 Å². The van der Waals surface area contributed by atoms with Crippen LogP contribution in [0.3, 0.4) is 0 Å². The van der Waals surface area contributed by atoms with E-state index in [1.807, 2.05) is 0 Å². The number of carbonyl (C=O) groups is 1. The minimum absolute atomic E-state index is 0.0248. The SMILES string of the molecule is CC(C)OC(=O)C(C)NP(=O)(OC[C@@](N)(O[C@H](C)n1ccc(N)nc1=O)C(O)O)Oc1ccccc1. The molecule has 1 aromatic carbocycles. The number of para-hydroxylation sites is 1. The van der Waals surface area contributed by atoms with Gasteiger partial charge >= 0.3 is 19.4 Å². The summed E-state index contributed by atoms with van der Waals surface area (Å²) in [6.45, 7) is 5.14. The van der Waals surface area contributed by atoms with E-state index in [2.05, 4.69) is 10.1 Å². The van der Waals surface area contributed by atoms with Crippen LogP contribution in [0.2, 0.25) is 0 Å². The van der Waals surface area contributed by atoms with E-state index in [9.17, 15) is 24.4 Å². The molecule has 1 heterocycles. The number of rotatable bonds is 13. The molecule has 0 aliphatic heterocycles. The summed E-state index contributed by atoms with van der Waals surface area (Å²) < 4.78 is 36.0. The van der Waals surface area contributed by atoms with Crippen LogP contribution in [0.1, 0.15) is 33.9 Å². The van der Waals surface area contributed by atoms with Gasteiger partial charge in [0.05, 0.1) is 6.10 Å². The van der Waals surface area contributed by atoms with Crippen LogP contribution in [0.4, 0.5) is 5.82 Å². The molecule has 14 nitrogen and oxygen atoms in total. The predicted molar refractivity (Wildman–Crippen MR) is 128 cm³/mol. The molecule has 2 aromatic rings. The number of nitrogen functional groups attached to an aromatic ring is 1. The third-order valence-electron chi connectivity index (χ3n) is 4.56. The lowest BCUT2D eigenvalue weighted by molar-refractivity contribution is -0.247. The van der Waals surface area contributed by atoms with E-state index in [0.29, 0.717) is 0 Å². The van der Waals surface area contributed by atoms with Crippen molar-refractivity contribution in [2.24, 2.45) is 5.73 Å². The first-order chi connectivity index (χ1) is 16.7. The van der Waals surface area contributed by atoms with Gasteiger partial charge in [-0.1, -0.05) is 18.2 Å². The second-order valence-corrected chi connectivity index (χ2v) is 9.79. The van der Waals surface area contributed by atoms with Gasteiger partial charge in [0, 0.05) is 6.20 Å². The van der Waals surface area contributed by atoms with Crippen molar-refractivity contribution in [3.8, 4) is 5.75 Å². The number of anilines is 1. The Balaban J connectivity index is 2.26. The summed E-state index contributed by atoms with van der Waals surface area (Å²) >= 11 is 0. The number of aromatic nitrogens is 2. The molecule has 2 rings (SSSR count). The molecule has 0 aliphatic carbocycles. The Kier molecular flexibility index (Phi) is 10.1. The number of aliphatic hydroxyl groups is 2. The first-order valence-corrected chi connectivity index (χ1v) is 12.4. The zero-order chi connectivity index (χ0) is 27.1. The number of benzene rings is 1. The summed E-state index contributed by atoms with van der Waals surface area (Å²) in [6, 6.07) is 8.09. The number of ether oxygens (including phenoxy) is 2. The zero-order valence-corrected chi connectivity index (χ0v) is 21.2. The Morgan fingerprint density at radius 3 is 2.39 bits per heavy atom. The van der Waals surface area contributed by atoms with Crippen LogP contribution < -0.4 is 26.8 Å². The maximum Gasteiger partial charge on any atom is 0.459 e. The van der Waals surface area contributed by atoms with Crippen LogP contribution in [0.15, 0.2) is 47.4 Å². The third kappa shape index (κ3) is 8.38. The van der Waals surface area contributed by atoms with Gasteiger partial charge in [0.1, 0.15) is 30.4 Å². The van der Waals surface area contributed by atoms with Crippen molar-refractivity contribution in [2.45, 2.75) is 58.1 Å². The van der Waals surface area contributed by atoms with Gasteiger partial charge in [0.25, 0.3) is 0 Å². The first kappa shape index (κ1) is 29.4. The van der Waals surface area contributed by atoms with Gasteiger partial charge in [-0.05, 0) is 45.9 Å². The summed E-state index contributed by atoms with van der Waals surface area (Å²) in [7, 11) is -4.39. The molecule has 0 radical (unpaired) electrons. The number of esters is 1. The minimum Gasteiger partial charge on any atom is -0.462 e. The molecule has 0 saturated heterocycles. The molecule has 0 amide bonds. The third-order valence-corrected chi connectivity index (χ3v) is 6.18. The molecule has 0 saturated carbocycles. The van der Waals surface area contributed by atoms with Crippen molar-refractivity contribution in [3.05, 3.63) is 53.1 Å². The highest BCUT2D eigenvalue weighted by Gasteiger charge is 2.42. The zero-order valence-electron chi connectivity index (χ0n) is 20.3. The fourth-order valence-electron chi connectivity index (χ4n) is 2.77. The van der Waals surface area contributed by atoms with Crippen LogP contribution in [0, 0.1) is 0 Å². The molecule has 15 heteroatoms. The normalized spacial score (nSPS) is 16.7. The summed E-state index contributed by atoms with van der Waals surface area (Å²) in [6.07, 6.45) is -2.69. The molecule has 1 aromatic heterocycles. The second-order valence-electron chi connectivity index (χ2n) is 8.10. The quantitative estimate of drug-likeness (QED) is 0.136. The standard InChI is InChI=1S/C21H32N5O9P/c1-13(2)33-18(27)14(3)25-36(31,35-16-8-6-5-7-9-16)32-12-21(23,19(28)29)34-15(4)26-11-10-17(22)24-20(26)30/h5-11,13-15,19,28-29H,12,23H2,1-4H3,(H,25,31)(H2,22,24,30)/t14?,15-,21-,36?/m1/s1. The summed E-state index contributed by atoms with van der Waals surface area (Å²) in [5.41, 5.74) is 8.30. The fourth-order valence-corrected chi connectivity index (χ4v) is 4.30. The number of carbonyl (C=O) groups excluding carboxylic acids is 1. The Bertz CT molecular complexity index is 1110. The summed E-state index contributed by atoms with van der Waals surface area (Å²) in [5, 5.41) is 22.3. The molecule has 7 N–H and O–H groups in total. The van der Waals surface area contributed by atoms with Crippen molar-refractivity contribution in [1.29, 1.82) is 0 Å². The highest BCUT2D eigenvalue weighted by Crippen LogP contribution is 2.45. The molecular formula is C21H32N5O9P. The van der Waals surface area contributed by atoms with Gasteiger partial charge in [-0.25, -0.2) is 9.36 Å². The van der Waals surface area contributed by atoms with Gasteiger partial charge in [0.15, 0.2) is 12.0 Å².